The molecule has 4 heteroatoms. The van der Waals surface area contributed by atoms with E-state index in [1.807, 2.05) is 4.90 Å². The van der Waals surface area contributed by atoms with Gasteiger partial charge in [-0.1, -0.05) is 6.92 Å². The Balaban J connectivity index is 1.88. The maximum absolute atomic E-state index is 12.2. The highest BCUT2D eigenvalue weighted by molar-refractivity contribution is 5.79. The Morgan fingerprint density at radius 1 is 1.41 bits per heavy atom. The highest BCUT2D eigenvalue weighted by Crippen LogP contribution is 2.35. The lowest BCUT2D eigenvalue weighted by atomic mass is 10.00. The molecule has 2 saturated heterocycles. The molecular formula is C13H24N2O2. The summed E-state index contributed by atoms with van der Waals surface area (Å²) in [4.78, 5) is 14.2. The van der Waals surface area contributed by atoms with Crippen LogP contribution in [0.5, 0.6) is 0 Å². The largest absolute Gasteiger partial charge is 0.393 e. The molecule has 4 nitrogen and oxygen atoms in total. The highest BCUT2D eigenvalue weighted by Gasteiger charge is 2.42. The van der Waals surface area contributed by atoms with Crippen molar-refractivity contribution in [3.8, 4) is 0 Å². The van der Waals surface area contributed by atoms with Gasteiger partial charge in [0.25, 0.3) is 0 Å². The first-order valence-electron chi connectivity index (χ1n) is 6.84. The standard InChI is InChI=1S/C13H24N2O2/c1-3-9(2)14-8-13(17)15-10-4-5-11(15)7-12(16)6-10/h9-12,14,16H,3-8H2,1-2H3. The number of carbonyl (C=O) groups excluding carboxylic acids is 1. The van der Waals surface area contributed by atoms with Crippen LogP contribution in [0.1, 0.15) is 46.0 Å². The Morgan fingerprint density at radius 2 is 2.00 bits per heavy atom. The van der Waals surface area contributed by atoms with E-state index in [1.54, 1.807) is 0 Å². The first-order chi connectivity index (χ1) is 8.11. The van der Waals surface area contributed by atoms with Gasteiger partial charge >= 0.3 is 0 Å². The van der Waals surface area contributed by atoms with E-state index in [9.17, 15) is 9.90 Å². The van der Waals surface area contributed by atoms with E-state index in [4.69, 9.17) is 0 Å². The number of aliphatic hydroxyl groups excluding tert-OH is 1. The molecule has 0 spiro atoms. The summed E-state index contributed by atoms with van der Waals surface area (Å²) in [5, 5.41) is 12.9. The number of piperidine rings is 1. The number of amides is 1. The number of fused-ring (bicyclic) bond motifs is 2. The van der Waals surface area contributed by atoms with Crippen LogP contribution in [0.2, 0.25) is 0 Å². The van der Waals surface area contributed by atoms with Gasteiger partial charge in [-0.2, -0.15) is 0 Å². The van der Waals surface area contributed by atoms with Gasteiger partial charge in [-0.25, -0.2) is 0 Å². The maximum atomic E-state index is 12.2. The number of hydrogen-bond donors (Lipinski definition) is 2. The third kappa shape index (κ3) is 2.80. The van der Waals surface area contributed by atoms with Gasteiger partial charge in [0, 0.05) is 18.1 Å². The van der Waals surface area contributed by atoms with Crippen LogP contribution in [0.3, 0.4) is 0 Å². The second kappa shape index (κ2) is 5.36. The van der Waals surface area contributed by atoms with Crippen LogP contribution in [-0.4, -0.2) is 46.7 Å². The molecule has 2 heterocycles. The summed E-state index contributed by atoms with van der Waals surface area (Å²) in [6.45, 7) is 4.66. The van der Waals surface area contributed by atoms with E-state index >= 15 is 0 Å². The first kappa shape index (κ1) is 12.8. The second-order valence-electron chi connectivity index (χ2n) is 5.50. The minimum absolute atomic E-state index is 0.195. The van der Waals surface area contributed by atoms with Crippen molar-refractivity contribution in [1.29, 1.82) is 0 Å². The molecule has 17 heavy (non-hydrogen) atoms. The molecule has 0 radical (unpaired) electrons. The average Bonchev–Trinajstić information content (AvgIpc) is 2.58. The molecule has 1 amide bonds. The molecule has 2 rings (SSSR count). The number of nitrogens with zero attached hydrogens (tertiary/aromatic N) is 1. The minimum atomic E-state index is -0.195. The third-order valence-corrected chi connectivity index (χ3v) is 4.21. The Morgan fingerprint density at radius 3 is 2.53 bits per heavy atom. The molecule has 0 saturated carbocycles. The van der Waals surface area contributed by atoms with Gasteiger partial charge in [0.2, 0.25) is 5.91 Å². The topological polar surface area (TPSA) is 52.6 Å². The molecule has 2 fully saturated rings. The van der Waals surface area contributed by atoms with Crippen molar-refractivity contribution < 1.29 is 9.90 Å². The summed E-state index contributed by atoms with van der Waals surface area (Å²) in [6, 6.07) is 0.969. The van der Waals surface area contributed by atoms with Gasteiger partial charge in [-0.05, 0) is 39.0 Å². The van der Waals surface area contributed by atoms with Crippen molar-refractivity contribution in [3.05, 3.63) is 0 Å². The zero-order valence-electron chi connectivity index (χ0n) is 10.9. The van der Waals surface area contributed by atoms with Gasteiger partial charge in [-0.3, -0.25) is 4.79 Å². The van der Waals surface area contributed by atoms with Crippen LogP contribution in [0, 0.1) is 0 Å². The quantitative estimate of drug-likeness (QED) is 0.767. The molecule has 2 N–H and O–H groups in total. The van der Waals surface area contributed by atoms with Crippen molar-refractivity contribution in [1.82, 2.24) is 10.2 Å². The first-order valence-corrected chi connectivity index (χ1v) is 6.84. The molecule has 0 aliphatic carbocycles. The SMILES string of the molecule is CCC(C)NCC(=O)N1C2CCC1CC(O)C2. The number of rotatable bonds is 4. The van der Waals surface area contributed by atoms with Crippen molar-refractivity contribution in [2.75, 3.05) is 6.54 Å². The average molecular weight is 240 g/mol. The Hall–Kier alpha value is -0.610. The van der Waals surface area contributed by atoms with Gasteiger partial charge < -0.3 is 15.3 Å². The molecule has 0 aromatic rings. The molecule has 0 aromatic carbocycles. The number of carbonyl (C=O) groups is 1. The van der Waals surface area contributed by atoms with E-state index in [0.717, 1.165) is 32.1 Å². The second-order valence-corrected chi connectivity index (χ2v) is 5.50. The molecular weight excluding hydrogens is 216 g/mol. The van der Waals surface area contributed by atoms with Crippen LogP contribution in [0.15, 0.2) is 0 Å². The fourth-order valence-electron chi connectivity index (χ4n) is 3.05. The number of nitrogens with one attached hydrogen (secondary N) is 1. The predicted molar refractivity (Wildman–Crippen MR) is 66.7 cm³/mol. The number of aliphatic hydroxyl groups is 1. The van der Waals surface area contributed by atoms with Crippen LogP contribution in [0.25, 0.3) is 0 Å². The molecule has 3 unspecified atom stereocenters. The summed E-state index contributed by atoms with van der Waals surface area (Å²) >= 11 is 0. The van der Waals surface area contributed by atoms with Crippen molar-refractivity contribution in [2.45, 2.75) is 70.2 Å². The van der Waals surface area contributed by atoms with E-state index in [1.165, 1.54) is 0 Å². The zero-order chi connectivity index (χ0) is 12.4. The van der Waals surface area contributed by atoms with E-state index < -0.39 is 0 Å². The summed E-state index contributed by atoms with van der Waals surface area (Å²) < 4.78 is 0. The summed E-state index contributed by atoms with van der Waals surface area (Å²) in [7, 11) is 0. The van der Waals surface area contributed by atoms with Gasteiger partial charge in [0.1, 0.15) is 0 Å². The molecule has 3 atom stereocenters. The van der Waals surface area contributed by atoms with E-state index in [0.29, 0.717) is 12.6 Å². The maximum Gasteiger partial charge on any atom is 0.237 e. The lowest BCUT2D eigenvalue weighted by Crippen LogP contribution is -2.51. The molecule has 2 aliphatic rings. The lowest BCUT2D eigenvalue weighted by molar-refractivity contribution is -0.136. The van der Waals surface area contributed by atoms with Crippen LogP contribution < -0.4 is 5.32 Å². The molecule has 0 aromatic heterocycles. The minimum Gasteiger partial charge on any atom is -0.393 e. The molecule has 2 bridgehead atoms. The monoisotopic (exact) mass is 240 g/mol. The molecule has 2 aliphatic heterocycles. The Bertz CT molecular complexity index is 269. The van der Waals surface area contributed by atoms with Crippen LogP contribution in [0.4, 0.5) is 0 Å². The lowest BCUT2D eigenvalue weighted by Gasteiger charge is -2.37. The van der Waals surface area contributed by atoms with Gasteiger partial charge in [-0.15, -0.1) is 0 Å². The Kier molecular flexibility index (Phi) is 4.05. The molecule has 98 valence electrons. The van der Waals surface area contributed by atoms with Crippen molar-refractivity contribution in [3.63, 3.8) is 0 Å². The van der Waals surface area contributed by atoms with Crippen molar-refractivity contribution in [2.24, 2.45) is 0 Å². The zero-order valence-corrected chi connectivity index (χ0v) is 10.9. The van der Waals surface area contributed by atoms with Crippen molar-refractivity contribution >= 4 is 5.91 Å². The predicted octanol–water partition coefficient (Wildman–Crippen LogP) is 0.889. The Labute approximate surface area is 103 Å². The van der Waals surface area contributed by atoms with Gasteiger partial charge in [0.05, 0.1) is 12.6 Å². The third-order valence-electron chi connectivity index (χ3n) is 4.21. The smallest absolute Gasteiger partial charge is 0.237 e. The number of hydrogen-bond acceptors (Lipinski definition) is 3. The van der Waals surface area contributed by atoms with Crippen LogP contribution in [-0.2, 0) is 4.79 Å². The summed E-state index contributed by atoms with van der Waals surface area (Å²) in [5.74, 6) is 0.213. The normalized spacial score (nSPS) is 33.8. The van der Waals surface area contributed by atoms with Crippen LogP contribution >= 0.6 is 0 Å². The van der Waals surface area contributed by atoms with E-state index in [-0.39, 0.29) is 24.1 Å². The van der Waals surface area contributed by atoms with Gasteiger partial charge in [0.15, 0.2) is 0 Å². The van der Waals surface area contributed by atoms with E-state index in [2.05, 4.69) is 19.2 Å². The summed E-state index contributed by atoms with van der Waals surface area (Å²) in [5.41, 5.74) is 0. The highest BCUT2D eigenvalue weighted by atomic mass is 16.3. The fourth-order valence-corrected chi connectivity index (χ4v) is 3.05. The summed E-state index contributed by atoms with van der Waals surface area (Å²) in [6.07, 6.45) is 4.52. The fraction of sp³-hybridized carbons (Fsp3) is 0.923.